The van der Waals surface area contributed by atoms with Crippen LogP contribution in [0.2, 0.25) is 0 Å². The van der Waals surface area contributed by atoms with E-state index in [1.165, 1.54) is 12.1 Å². The summed E-state index contributed by atoms with van der Waals surface area (Å²) in [7, 11) is 0. The van der Waals surface area contributed by atoms with Crippen LogP contribution in [-0.4, -0.2) is 29.8 Å². The van der Waals surface area contributed by atoms with Gasteiger partial charge in [-0.15, -0.1) is 0 Å². The van der Waals surface area contributed by atoms with Crippen LogP contribution in [0.25, 0.3) is 0 Å². The van der Waals surface area contributed by atoms with Crippen molar-refractivity contribution in [3.05, 3.63) is 29.6 Å². The number of aliphatic hydroxyl groups is 1. The lowest BCUT2D eigenvalue weighted by atomic mass is 9.91. The second-order valence-electron chi connectivity index (χ2n) is 5.84. The van der Waals surface area contributed by atoms with Crippen LogP contribution in [0.3, 0.4) is 0 Å². The zero-order valence-electron chi connectivity index (χ0n) is 12.5. The number of rotatable bonds is 5. The van der Waals surface area contributed by atoms with E-state index in [1.807, 2.05) is 13.8 Å². The Hall–Kier alpha value is -1.62. The molecule has 1 heterocycles. The van der Waals surface area contributed by atoms with Gasteiger partial charge in [0.05, 0.1) is 5.92 Å². The van der Waals surface area contributed by atoms with E-state index in [2.05, 4.69) is 5.32 Å². The van der Waals surface area contributed by atoms with Crippen molar-refractivity contribution < 1.29 is 19.0 Å². The van der Waals surface area contributed by atoms with E-state index in [-0.39, 0.29) is 24.2 Å². The highest BCUT2D eigenvalue weighted by Crippen LogP contribution is 2.28. The molecular formula is C16H22FNO3. The number of hydrogen-bond donors (Lipinski definition) is 2. The van der Waals surface area contributed by atoms with E-state index in [1.54, 1.807) is 6.07 Å². The van der Waals surface area contributed by atoms with Crippen LogP contribution in [0.5, 0.6) is 5.75 Å². The Kier molecular flexibility index (Phi) is 4.83. The van der Waals surface area contributed by atoms with Crippen LogP contribution < -0.4 is 10.1 Å². The summed E-state index contributed by atoms with van der Waals surface area (Å²) in [5.74, 6) is -0.113. The first-order valence-corrected chi connectivity index (χ1v) is 7.31. The van der Waals surface area contributed by atoms with Gasteiger partial charge >= 0.3 is 0 Å². The third-order valence-electron chi connectivity index (χ3n) is 4.17. The molecule has 116 valence electrons. The molecule has 1 aliphatic heterocycles. The molecule has 2 N–H and O–H groups in total. The standard InChI is InChI=1S/C16H22FNO3/c1-3-16(2,6-7-19)18-15(20)12-8-11-9-13(17)4-5-14(11)21-10-12/h4-5,9,12,19H,3,6-8,10H2,1-2H3,(H,18,20). The van der Waals surface area contributed by atoms with Crippen molar-refractivity contribution in [2.45, 2.75) is 38.6 Å². The quantitative estimate of drug-likeness (QED) is 0.874. The summed E-state index contributed by atoms with van der Waals surface area (Å²) in [5, 5.41) is 12.1. The van der Waals surface area contributed by atoms with Crippen molar-refractivity contribution in [1.29, 1.82) is 0 Å². The number of benzene rings is 1. The summed E-state index contributed by atoms with van der Waals surface area (Å²) in [6.45, 7) is 4.21. The van der Waals surface area contributed by atoms with Gasteiger partial charge in [0.25, 0.3) is 0 Å². The van der Waals surface area contributed by atoms with E-state index >= 15 is 0 Å². The van der Waals surface area contributed by atoms with Gasteiger partial charge < -0.3 is 15.2 Å². The minimum absolute atomic E-state index is 0.0276. The molecule has 2 unspecified atom stereocenters. The number of fused-ring (bicyclic) bond motifs is 1. The van der Waals surface area contributed by atoms with E-state index in [9.17, 15) is 9.18 Å². The number of aliphatic hydroxyl groups excluding tert-OH is 1. The van der Waals surface area contributed by atoms with Gasteiger partial charge in [-0.1, -0.05) is 6.92 Å². The molecule has 0 saturated carbocycles. The Labute approximate surface area is 124 Å². The van der Waals surface area contributed by atoms with Crippen molar-refractivity contribution in [3.8, 4) is 5.75 Å². The minimum atomic E-state index is -0.423. The van der Waals surface area contributed by atoms with Crippen LogP contribution in [0.4, 0.5) is 4.39 Å². The zero-order valence-corrected chi connectivity index (χ0v) is 12.5. The lowest BCUT2D eigenvalue weighted by Gasteiger charge is -2.32. The highest BCUT2D eigenvalue weighted by molar-refractivity contribution is 5.80. The number of carbonyl (C=O) groups excluding carboxylic acids is 1. The van der Waals surface area contributed by atoms with Gasteiger partial charge in [-0.25, -0.2) is 4.39 Å². The molecule has 0 fully saturated rings. The number of carbonyl (C=O) groups is 1. The molecule has 0 saturated heterocycles. The van der Waals surface area contributed by atoms with Gasteiger partial charge in [-0.2, -0.15) is 0 Å². The molecule has 1 amide bonds. The lowest BCUT2D eigenvalue weighted by molar-refractivity contribution is -0.128. The monoisotopic (exact) mass is 295 g/mol. The number of ether oxygens (including phenoxy) is 1. The summed E-state index contributed by atoms with van der Waals surface area (Å²) in [6.07, 6.45) is 1.71. The highest BCUT2D eigenvalue weighted by atomic mass is 19.1. The largest absolute Gasteiger partial charge is 0.492 e. The maximum absolute atomic E-state index is 13.3. The predicted octanol–water partition coefficient (Wildman–Crippen LogP) is 2.04. The van der Waals surface area contributed by atoms with E-state index < -0.39 is 5.54 Å². The first-order chi connectivity index (χ1) is 9.97. The molecule has 0 spiro atoms. The van der Waals surface area contributed by atoms with Crippen molar-refractivity contribution in [2.75, 3.05) is 13.2 Å². The summed E-state index contributed by atoms with van der Waals surface area (Å²) in [4.78, 5) is 12.4. The van der Waals surface area contributed by atoms with Gasteiger partial charge in [0.15, 0.2) is 0 Å². The number of halogens is 1. The fourth-order valence-corrected chi connectivity index (χ4v) is 2.51. The Morgan fingerprint density at radius 3 is 3.00 bits per heavy atom. The third-order valence-corrected chi connectivity index (χ3v) is 4.17. The molecule has 1 aromatic carbocycles. The second-order valence-corrected chi connectivity index (χ2v) is 5.84. The number of nitrogens with one attached hydrogen (secondary N) is 1. The Morgan fingerprint density at radius 1 is 1.57 bits per heavy atom. The Bertz CT molecular complexity index is 520. The fourth-order valence-electron chi connectivity index (χ4n) is 2.51. The molecule has 2 rings (SSSR count). The molecule has 5 heteroatoms. The van der Waals surface area contributed by atoms with Crippen molar-refractivity contribution in [2.24, 2.45) is 5.92 Å². The fraction of sp³-hybridized carbons (Fsp3) is 0.562. The molecule has 0 radical (unpaired) electrons. The highest BCUT2D eigenvalue weighted by Gasteiger charge is 2.31. The van der Waals surface area contributed by atoms with Gasteiger partial charge in [-0.3, -0.25) is 4.79 Å². The lowest BCUT2D eigenvalue weighted by Crippen LogP contribution is -2.50. The Balaban J connectivity index is 2.05. The average Bonchev–Trinajstić information content (AvgIpc) is 2.46. The maximum atomic E-state index is 13.3. The normalized spacial score (nSPS) is 20.1. The van der Waals surface area contributed by atoms with Crippen molar-refractivity contribution >= 4 is 5.91 Å². The van der Waals surface area contributed by atoms with Crippen molar-refractivity contribution in [1.82, 2.24) is 5.32 Å². The van der Waals surface area contributed by atoms with Gasteiger partial charge in [0.2, 0.25) is 5.91 Å². The van der Waals surface area contributed by atoms with Gasteiger partial charge in [-0.05, 0) is 49.9 Å². The first-order valence-electron chi connectivity index (χ1n) is 7.31. The van der Waals surface area contributed by atoms with Crippen molar-refractivity contribution in [3.63, 3.8) is 0 Å². The first kappa shape index (κ1) is 15.8. The molecular weight excluding hydrogens is 273 g/mol. The number of amides is 1. The summed E-state index contributed by atoms with van der Waals surface area (Å²) in [6, 6.07) is 4.37. The molecule has 2 atom stereocenters. The summed E-state index contributed by atoms with van der Waals surface area (Å²) in [5.41, 5.74) is 0.301. The zero-order chi connectivity index (χ0) is 15.5. The Morgan fingerprint density at radius 2 is 2.33 bits per heavy atom. The van der Waals surface area contributed by atoms with E-state index in [0.29, 0.717) is 25.2 Å². The average molecular weight is 295 g/mol. The van der Waals surface area contributed by atoms with Crippen LogP contribution in [0.15, 0.2) is 18.2 Å². The smallest absolute Gasteiger partial charge is 0.227 e. The molecule has 1 aromatic rings. The molecule has 4 nitrogen and oxygen atoms in total. The van der Waals surface area contributed by atoms with E-state index in [0.717, 1.165) is 12.0 Å². The van der Waals surface area contributed by atoms with Crippen LogP contribution in [0.1, 0.15) is 32.3 Å². The maximum Gasteiger partial charge on any atom is 0.227 e. The molecule has 1 aliphatic rings. The molecule has 0 bridgehead atoms. The SMILES string of the molecule is CCC(C)(CCO)NC(=O)C1COc2ccc(F)cc2C1. The molecule has 0 aromatic heterocycles. The van der Waals surface area contributed by atoms with Gasteiger partial charge in [0, 0.05) is 12.1 Å². The topological polar surface area (TPSA) is 58.6 Å². The minimum Gasteiger partial charge on any atom is -0.492 e. The molecule has 0 aliphatic carbocycles. The third kappa shape index (κ3) is 3.73. The van der Waals surface area contributed by atoms with Crippen LogP contribution in [0, 0.1) is 11.7 Å². The summed E-state index contributed by atoms with van der Waals surface area (Å²) < 4.78 is 18.8. The van der Waals surface area contributed by atoms with E-state index in [4.69, 9.17) is 9.84 Å². The second kappa shape index (κ2) is 6.43. The van der Waals surface area contributed by atoms with Gasteiger partial charge in [0.1, 0.15) is 18.2 Å². The number of hydrogen-bond acceptors (Lipinski definition) is 3. The molecule has 21 heavy (non-hydrogen) atoms. The predicted molar refractivity (Wildman–Crippen MR) is 77.6 cm³/mol. The van der Waals surface area contributed by atoms with Crippen LogP contribution in [-0.2, 0) is 11.2 Å². The summed E-state index contributed by atoms with van der Waals surface area (Å²) >= 11 is 0. The van der Waals surface area contributed by atoms with Crippen LogP contribution >= 0.6 is 0 Å².